The molecule has 1 nitrogen and oxygen atoms in total. The first-order valence-electron chi connectivity index (χ1n) is 5.87. The molecule has 0 N–H and O–H groups in total. The third-order valence-corrected chi connectivity index (χ3v) is 3.49. The van der Waals surface area contributed by atoms with Gasteiger partial charge in [-0.15, -0.1) is 11.6 Å². The van der Waals surface area contributed by atoms with Crippen LogP contribution in [0.15, 0.2) is 30.3 Å². The monoisotopic (exact) mass is 300 g/mol. The first-order chi connectivity index (χ1) is 9.43. The molecule has 0 amide bonds. The number of benzene rings is 2. The van der Waals surface area contributed by atoms with Gasteiger partial charge in [-0.1, -0.05) is 12.1 Å². The minimum absolute atomic E-state index is 0.376. The van der Waals surface area contributed by atoms with Crippen LogP contribution in [0.4, 0.5) is 13.2 Å². The second-order valence-electron chi connectivity index (χ2n) is 4.37. The van der Waals surface area contributed by atoms with Gasteiger partial charge in [0.1, 0.15) is 23.2 Å². The van der Waals surface area contributed by atoms with Crippen molar-refractivity contribution in [2.45, 2.75) is 12.3 Å². The van der Waals surface area contributed by atoms with E-state index in [1.807, 2.05) is 6.92 Å². The van der Waals surface area contributed by atoms with E-state index in [0.29, 0.717) is 23.4 Å². The first kappa shape index (κ1) is 14.7. The molecule has 0 fully saturated rings. The Morgan fingerprint density at radius 3 is 2.20 bits per heavy atom. The molecule has 2 aromatic carbocycles. The maximum atomic E-state index is 13.7. The standard InChI is InChI=1S/C15H12ClF3O/c1-8-3-4-9(5-13(8)20-2)15(16)14-11(18)6-10(17)7-12(14)19/h3-7,15H,1-2H3. The fourth-order valence-corrected chi connectivity index (χ4v) is 2.30. The molecule has 0 aliphatic heterocycles. The van der Waals surface area contributed by atoms with Gasteiger partial charge in [0.25, 0.3) is 0 Å². The first-order valence-corrected chi connectivity index (χ1v) is 6.30. The molecule has 20 heavy (non-hydrogen) atoms. The Hall–Kier alpha value is -1.68. The van der Waals surface area contributed by atoms with Crippen molar-refractivity contribution in [3.05, 3.63) is 64.5 Å². The zero-order valence-electron chi connectivity index (χ0n) is 10.9. The van der Waals surface area contributed by atoms with E-state index in [1.54, 1.807) is 18.2 Å². The molecule has 0 radical (unpaired) electrons. The molecule has 1 atom stereocenters. The molecule has 0 bridgehead atoms. The highest BCUT2D eigenvalue weighted by atomic mass is 35.5. The summed E-state index contributed by atoms with van der Waals surface area (Å²) in [6.45, 7) is 1.84. The molecule has 2 rings (SSSR count). The Balaban J connectivity index is 2.49. The fourth-order valence-electron chi connectivity index (χ4n) is 1.96. The summed E-state index contributed by atoms with van der Waals surface area (Å²) in [4.78, 5) is 0. The summed E-state index contributed by atoms with van der Waals surface area (Å²) in [5, 5.41) is -1.06. The summed E-state index contributed by atoms with van der Waals surface area (Å²) in [6, 6.07) is 6.22. The number of hydrogen-bond donors (Lipinski definition) is 0. The van der Waals surface area contributed by atoms with Crippen LogP contribution in [0.2, 0.25) is 0 Å². The molecule has 5 heteroatoms. The van der Waals surface area contributed by atoms with Crippen LogP contribution in [-0.2, 0) is 0 Å². The maximum absolute atomic E-state index is 13.7. The SMILES string of the molecule is COc1cc(C(Cl)c2c(F)cc(F)cc2F)ccc1C. The van der Waals surface area contributed by atoms with E-state index in [1.165, 1.54) is 7.11 Å². The zero-order valence-corrected chi connectivity index (χ0v) is 11.6. The molecule has 0 aliphatic rings. The van der Waals surface area contributed by atoms with Crippen molar-refractivity contribution in [1.82, 2.24) is 0 Å². The van der Waals surface area contributed by atoms with Crippen LogP contribution in [0, 0.1) is 24.4 Å². The zero-order chi connectivity index (χ0) is 14.9. The van der Waals surface area contributed by atoms with Gasteiger partial charge < -0.3 is 4.74 Å². The van der Waals surface area contributed by atoms with E-state index >= 15 is 0 Å². The van der Waals surface area contributed by atoms with Crippen molar-refractivity contribution in [2.75, 3.05) is 7.11 Å². The lowest BCUT2D eigenvalue weighted by atomic mass is 10.0. The largest absolute Gasteiger partial charge is 0.496 e. The summed E-state index contributed by atoms with van der Waals surface area (Å²) in [5.74, 6) is -2.44. The van der Waals surface area contributed by atoms with Crippen molar-refractivity contribution in [3.63, 3.8) is 0 Å². The number of alkyl halides is 1. The second kappa shape index (κ2) is 5.75. The van der Waals surface area contributed by atoms with Crippen molar-refractivity contribution in [1.29, 1.82) is 0 Å². The van der Waals surface area contributed by atoms with Gasteiger partial charge in [-0.05, 0) is 24.1 Å². The maximum Gasteiger partial charge on any atom is 0.134 e. The van der Waals surface area contributed by atoms with Crippen molar-refractivity contribution in [3.8, 4) is 5.75 Å². The molecule has 0 spiro atoms. The van der Waals surface area contributed by atoms with Gasteiger partial charge in [0.15, 0.2) is 0 Å². The average molecular weight is 301 g/mol. The normalized spacial score (nSPS) is 12.3. The lowest BCUT2D eigenvalue weighted by molar-refractivity contribution is 0.411. The van der Waals surface area contributed by atoms with Crippen LogP contribution in [0.3, 0.4) is 0 Å². The number of rotatable bonds is 3. The number of methoxy groups -OCH3 is 1. The van der Waals surface area contributed by atoms with Crippen LogP contribution in [0.5, 0.6) is 5.75 Å². The van der Waals surface area contributed by atoms with Gasteiger partial charge in [-0.25, -0.2) is 13.2 Å². The summed E-state index contributed by atoms with van der Waals surface area (Å²) in [6.07, 6.45) is 0. The molecule has 0 heterocycles. The molecule has 106 valence electrons. The lowest BCUT2D eigenvalue weighted by Crippen LogP contribution is -2.03. The van der Waals surface area contributed by atoms with Gasteiger partial charge in [-0.3, -0.25) is 0 Å². The molecule has 2 aromatic rings. The van der Waals surface area contributed by atoms with E-state index in [4.69, 9.17) is 16.3 Å². The molecule has 1 unspecified atom stereocenters. The number of ether oxygens (including phenoxy) is 1. The van der Waals surface area contributed by atoms with Gasteiger partial charge >= 0.3 is 0 Å². The highest BCUT2D eigenvalue weighted by Gasteiger charge is 2.21. The topological polar surface area (TPSA) is 9.23 Å². The van der Waals surface area contributed by atoms with Gasteiger partial charge in [0.2, 0.25) is 0 Å². The molecule has 0 saturated carbocycles. The molecule has 0 aliphatic carbocycles. The molecule has 0 saturated heterocycles. The van der Waals surface area contributed by atoms with E-state index < -0.39 is 22.8 Å². The van der Waals surface area contributed by atoms with Gasteiger partial charge in [-0.2, -0.15) is 0 Å². The minimum atomic E-state index is -1.06. The van der Waals surface area contributed by atoms with Gasteiger partial charge in [0, 0.05) is 17.7 Å². The highest BCUT2D eigenvalue weighted by molar-refractivity contribution is 6.22. The quantitative estimate of drug-likeness (QED) is 0.743. The highest BCUT2D eigenvalue weighted by Crippen LogP contribution is 2.35. The second-order valence-corrected chi connectivity index (χ2v) is 4.81. The predicted octanol–water partition coefficient (Wildman–Crippen LogP) is 4.75. The summed E-state index contributed by atoms with van der Waals surface area (Å²) < 4.78 is 45.5. The van der Waals surface area contributed by atoms with Crippen LogP contribution in [0.25, 0.3) is 0 Å². The Bertz CT molecular complexity index is 620. The molecule has 0 aromatic heterocycles. The predicted molar refractivity (Wildman–Crippen MR) is 71.7 cm³/mol. The van der Waals surface area contributed by atoms with E-state index in [0.717, 1.165) is 5.56 Å². The summed E-state index contributed by atoms with van der Waals surface area (Å²) >= 11 is 6.12. The third kappa shape index (κ3) is 2.75. The van der Waals surface area contributed by atoms with Crippen molar-refractivity contribution in [2.24, 2.45) is 0 Å². The van der Waals surface area contributed by atoms with Crippen LogP contribution in [0.1, 0.15) is 22.1 Å². The smallest absolute Gasteiger partial charge is 0.134 e. The van der Waals surface area contributed by atoms with E-state index in [9.17, 15) is 13.2 Å². The number of hydrogen-bond acceptors (Lipinski definition) is 1. The Labute approximate surface area is 119 Å². The van der Waals surface area contributed by atoms with E-state index in [-0.39, 0.29) is 5.56 Å². The molecular formula is C15H12ClF3O. The summed E-state index contributed by atoms with van der Waals surface area (Å²) in [7, 11) is 1.49. The van der Waals surface area contributed by atoms with Crippen LogP contribution < -0.4 is 4.74 Å². The van der Waals surface area contributed by atoms with Crippen LogP contribution in [-0.4, -0.2) is 7.11 Å². The lowest BCUT2D eigenvalue weighted by Gasteiger charge is -2.14. The average Bonchev–Trinajstić information content (AvgIpc) is 2.37. The van der Waals surface area contributed by atoms with E-state index in [2.05, 4.69) is 0 Å². The third-order valence-electron chi connectivity index (χ3n) is 3.02. The summed E-state index contributed by atoms with van der Waals surface area (Å²) in [5.41, 5.74) is 0.970. The Morgan fingerprint density at radius 2 is 1.65 bits per heavy atom. The van der Waals surface area contributed by atoms with Gasteiger partial charge in [0.05, 0.1) is 12.5 Å². The Morgan fingerprint density at radius 1 is 1.05 bits per heavy atom. The number of halogens is 4. The van der Waals surface area contributed by atoms with Crippen LogP contribution >= 0.6 is 11.6 Å². The number of aryl methyl sites for hydroxylation is 1. The fraction of sp³-hybridized carbons (Fsp3) is 0.200. The minimum Gasteiger partial charge on any atom is -0.496 e. The van der Waals surface area contributed by atoms with Crippen molar-refractivity contribution >= 4 is 11.6 Å². The molecular weight excluding hydrogens is 289 g/mol. The Kier molecular flexibility index (Phi) is 4.23. The van der Waals surface area contributed by atoms with Crippen molar-refractivity contribution < 1.29 is 17.9 Å².